The standard InChI is InChI=1S/C14H24N4S/c1-3-15-13-16-10-7-12(18-13)17-11-14(19-2)8-5-4-6-9-14/h7,10H,3-6,8-9,11H2,1-2H3,(H2,15,16,17,18). The molecule has 0 aliphatic heterocycles. The Balaban J connectivity index is 1.94. The fourth-order valence-electron chi connectivity index (χ4n) is 2.60. The van der Waals surface area contributed by atoms with Crippen LogP contribution in [0.4, 0.5) is 11.8 Å². The summed E-state index contributed by atoms with van der Waals surface area (Å²) in [5, 5.41) is 6.63. The van der Waals surface area contributed by atoms with Crippen molar-refractivity contribution in [3.8, 4) is 0 Å². The van der Waals surface area contributed by atoms with Crippen LogP contribution in [0.3, 0.4) is 0 Å². The second-order valence-electron chi connectivity index (χ2n) is 5.10. The van der Waals surface area contributed by atoms with Crippen molar-refractivity contribution in [2.45, 2.75) is 43.8 Å². The third-order valence-electron chi connectivity index (χ3n) is 3.78. The van der Waals surface area contributed by atoms with Gasteiger partial charge in [-0.3, -0.25) is 0 Å². The number of hydrogen-bond donors (Lipinski definition) is 2. The fraction of sp³-hybridized carbons (Fsp3) is 0.714. The molecule has 0 amide bonds. The maximum absolute atomic E-state index is 4.47. The first-order valence-electron chi connectivity index (χ1n) is 7.14. The molecule has 1 aliphatic rings. The molecule has 106 valence electrons. The largest absolute Gasteiger partial charge is 0.369 e. The minimum atomic E-state index is 0.390. The van der Waals surface area contributed by atoms with Crippen LogP contribution in [-0.4, -0.2) is 34.1 Å². The van der Waals surface area contributed by atoms with E-state index in [1.54, 1.807) is 6.20 Å². The van der Waals surface area contributed by atoms with Crippen LogP contribution in [-0.2, 0) is 0 Å². The minimum absolute atomic E-state index is 0.390. The zero-order chi connectivity index (χ0) is 13.6. The summed E-state index contributed by atoms with van der Waals surface area (Å²) in [7, 11) is 0. The normalized spacial score (nSPS) is 18.0. The zero-order valence-corrected chi connectivity index (χ0v) is 12.7. The second kappa shape index (κ2) is 6.98. The molecular formula is C14H24N4S. The number of anilines is 2. The Hall–Kier alpha value is -0.970. The highest BCUT2D eigenvalue weighted by molar-refractivity contribution is 8.00. The molecule has 1 fully saturated rings. The van der Waals surface area contributed by atoms with Gasteiger partial charge in [0.05, 0.1) is 0 Å². The summed E-state index contributed by atoms with van der Waals surface area (Å²) in [4.78, 5) is 8.66. The first kappa shape index (κ1) is 14.4. The highest BCUT2D eigenvalue weighted by Crippen LogP contribution is 2.38. The predicted molar refractivity (Wildman–Crippen MR) is 84.0 cm³/mol. The van der Waals surface area contributed by atoms with Gasteiger partial charge in [0.15, 0.2) is 0 Å². The number of rotatable bonds is 6. The first-order valence-corrected chi connectivity index (χ1v) is 8.36. The van der Waals surface area contributed by atoms with Gasteiger partial charge in [-0.15, -0.1) is 0 Å². The molecule has 1 aromatic rings. The summed E-state index contributed by atoms with van der Waals surface area (Å²) in [6, 6.07) is 1.94. The van der Waals surface area contributed by atoms with E-state index in [2.05, 4.69) is 26.9 Å². The quantitative estimate of drug-likeness (QED) is 0.836. The van der Waals surface area contributed by atoms with E-state index in [0.717, 1.165) is 18.9 Å². The number of nitrogens with zero attached hydrogens (tertiary/aromatic N) is 2. The Labute approximate surface area is 120 Å². The van der Waals surface area contributed by atoms with Crippen molar-refractivity contribution < 1.29 is 0 Å². The minimum Gasteiger partial charge on any atom is -0.369 e. The van der Waals surface area contributed by atoms with E-state index in [1.807, 2.05) is 24.8 Å². The average molecular weight is 280 g/mol. The van der Waals surface area contributed by atoms with Crippen molar-refractivity contribution in [1.29, 1.82) is 0 Å². The topological polar surface area (TPSA) is 49.8 Å². The van der Waals surface area contributed by atoms with E-state index in [1.165, 1.54) is 32.1 Å². The van der Waals surface area contributed by atoms with E-state index in [4.69, 9.17) is 0 Å². The van der Waals surface area contributed by atoms with Gasteiger partial charge >= 0.3 is 0 Å². The molecule has 0 saturated heterocycles. The van der Waals surface area contributed by atoms with Crippen molar-refractivity contribution >= 4 is 23.5 Å². The van der Waals surface area contributed by atoms with Gasteiger partial charge in [0.1, 0.15) is 5.82 Å². The smallest absolute Gasteiger partial charge is 0.224 e. The van der Waals surface area contributed by atoms with Gasteiger partial charge in [-0.1, -0.05) is 19.3 Å². The summed E-state index contributed by atoms with van der Waals surface area (Å²) >= 11 is 2.01. The van der Waals surface area contributed by atoms with Gasteiger partial charge in [0.25, 0.3) is 0 Å². The Bertz CT molecular complexity index is 391. The SMILES string of the molecule is CCNc1nccc(NCC2(SC)CCCCC2)n1. The zero-order valence-electron chi connectivity index (χ0n) is 11.9. The van der Waals surface area contributed by atoms with Crippen LogP contribution in [0.25, 0.3) is 0 Å². The van der Waals surface area contributed by atoms with Crippen molar-refractivity contribution in [3.05, 3.63) is 12.3 Å². The second-order valence-corrected chi connectivity index (χ2v) is 6.37. The number of aromatic nitrogens is 2. The summed E-state index contributed by atoms with van der Waals surface area (Å²) in [5.41, 5.74) is 0. The van der Waals surface area contributed by atoms with Crippen LogP contribution in [0.1, 0.15) is 39.0 Å². The van der Waals surface area contributed by atoms with Gasteiger partial charge in [-0.05, 0) is 32.1 Å². The molecule has 1 saturated carbocycles. The van der Waals surface area contributed by atoms with E-state index in [9.17, 15) is 0 Å². The van der Waals surface area contributed by atoms with E-state index in [-0.39, 0.29) is 0 Å². The fourth-order valence-corrected chi connectivity index (χ4v) is 3.51. The van der Waals surface area contributed by atoms with Crippen LogP contribution >= 0.6 is 11.8 Å². The third-order valence-corrected chi connectivity index (χ3v) is 5.20. The maximum Gasteiger partial charge on any atom is 0.224 e. The third kappa shape index (κ3) is 4.00. The lowest BCUT2D eigenvalue weighted by molar-refractivity contribution is 0.411. The van der Waals surface area contributed by atoms with Crippen molar-refractivity contribution in [2.75, 3.05) is 30.0 Å². The molecular weight excluding hydrogens is 256 g/mol. The average Bonchev–Trinajstić information content (AvgIpc) is 2.47. The molecule has 1 aliphatic carbocycles. The molecule has 1 aromatic heterocycles. The van der Waals surface area contributed by atoms with Crippen LogP contribution in [0.5, 0.6) is 0 Å². The molecule has 0 unspecified atom stereocenters. The lowest BCUT2D eigenvalue weighted by Gasteiger charge is -2.36. The van der Waals surface area contributed by atoms with Gasteiger partial charge in [-0.2, -0.15) is 16.7 Å². The molecule has 2 N–H and O–H groups in total. The molecule has 4 nitrogen and oxygen atoms in total. The van der Waals surface area contributed by atoms with Crippen LogP contribution in [0.2, 0.25) is 0 Å². The molecule has 0 spiro atoms. The maximum atomic E-state index is 4.47. The molecule has 0 bridgehead atoms. The molecule has 19 heavy (non-hydrogen) atoms. The van der Waals surface area contributed by atoms with Crippen LogP contribution in [0, 0.1) is 0 Å². The van der Waals surface area contributed by atoms with Gasteiger partial charge in [-0.25, -0.2) is 4.98 Å². The van der Waals surface area contributed by atoms with Gasteiger partial charge in [0, 0.05) is 24.0 Å². The molecule has 1 heterocycles. The predicted octanol–water partition coefficient (Wildman–Crippen LogP) is 3.39. The lowest BCUT2D eigenvalue weighted by Crippen LogP contribution is -2.35. The molecule has 2 rings (SSSR count). The van der Waals surface area contributed by atoms with Gasteiger partial charge < -0.3 is 10.6 Å². The van der Waals surface area contributed by atoms with E-state index < -0.39 is 0 Å². The Morgan fingerprint density at radius 1 is 1.26 bits per heavy atom. The Morgan fingerprint density at radius 2 is 2.05 bits per heavy atom. The summed E-state index contributed by atoms with van der Waals surface area (Å²) in [5.74, 6) is 1.62. The van der Waals surface area contributed by atoms with Crippen molar-refractivity contribution in [1.82, 2.24) is 9.97 Å². The van der Waals surface area contributed by atoms with Crippen molar-refractivity contribution in [2.24, 2.45) is 0 Å². The highest BCUT2D eigenvalue weighted by Gasteiger charge is 2.30. The lowest BCUT2D eigenvalue weighted by atomic mass is 9.88. The molecule has 0 radical (unpaired) electrons. The number of hydrogen-bond acceptors (Lipinski definition) is 5. The monoisotopic (exact) mass is 280 g/mol. The molecule has 0 atom stereocenters. The summed E-state index contributed by atoms with van der Waals surface area (Å²) < 4.78 is 0.390. The summed E-state index contributed by atoms with van der Waals surface area (Å²) in [6.45, 7) is 3.89. The Kier molecular flexibility index (Phi) is 5.31. The Morgan fingerprint density at radius 3 is 2.74 bits per heavy atom. The van der Waals surface area contributed by atoms with Crippen LogP contribution < -0.4 is 10.6 Å². The number of thioether (sulfide) groups is 1. The van der Waals surface area contributed by atoms with E-state index >= 15 is 0 Å². The highest BCUT2D eigenvalue weighted by atomic mass is 32.2. The summed E-state index contributed by atoms with van der Waals surface area (Å²) in [6.07, 6.45) is 10.8. The molecule has 0 aromatic carbocycles. The van der Waals surface area contributed by atoms with Crippen LogP contribution in [0.15, 0.2) is 12.3 Å². The first-order chi connectivity index (χ1) is 9.28. The molecule has 5 heteroatoms. The van der Waals surface area contributed by atoms with Gasteiger partial charge in [0.2, 0.25) is 5.95 Å². The van der Waals surface area contributed by atoms with Crippen molar-refractivity contribution in [3.63, 3.8) is 0 Å². The number of nitrogens with one attached hydrogen (secondary N) is 2. The van der Waals surface area contributed by atoms with E-state index in [0.29, 0.717) is 10.7 Å².